The molecule has 1 aliphatic heterocycles. The van der Waals surface area contributed by atoms with Crippen molar-refractivity contribution in [3.05, 3.63) is 69.3 Å². The highest BCUT2D eigenvalue weighted by molar-refractivity contribution is 5.51. The van der Waals surface area contributed by atoms with E-state index in [0.29, 0.717) is 12.8 Å². The van der Waals surface area contributed by atoms with E-state index >= 15 is 0 Å². The van der Waals surface area contributed by atoms with E-state index in [4.69, 9.17) is 4.74 Å². The van der Waals surface area contributed by atoms with Gasteiger partial charge in [0.2, 0.25) is 0 Å². The summed E-state index contributed by atoms with van der Waals surface area (Å²) >= 11 is 0. The van der Waals surface area contributed by atoms with E-state index in [-0.39, 0.29) is 18.8 Å². The highest BCUT2D eigenvalue weighted by Gasteiger charge is 2.32. The topological polar surface area (TPSA) is 49.7 Å². The molecular formula is C26H34O3. The molecule has 3 nitrogen and oxygen atoms in total. The van der Waals surface area contributed by atoms with Gasteiger partial charge in [0.15, 0.2) is 0 Å². The number of ether oxygens (including phenoxy) is 1. The van der Waals surface area contributed by atoms with E-state index in [1.165, 1.54) is 46.2 Å². The van der Waals surface area contributed by atoms with Crippen LogP contribution in [0.3, 0.4) is 0 Å². The number of benzene rings is 2. The van der Waals surface area contributed by atoms with Crippen LogP contribution in [0.1, 0.15) is 77.7 Å². The summed E-state index contributed by atoms with van der Waals surface area (Å²) in [7, 11) is 0. The van der Waals surface area contributed by atoms with Crippen molar-refractivity contribution in [1.29, 1.82) is 0 Å². The normalized spacial score (nSPS) is 23.9. The molecule has 4 rings (SSSR count). The van der Waals surface area contributed by atoms with Crippen LogP contribution in [-0.2, 0) is 30.4 Å². The average molecular weight is 395 g/mol. The molecule has 3 unspecified atom stereocenters. The van der Waals surface area contributed by atoms with Crippen molar-refractivity contribution in [3.8, 4) is 0 Å². The third-order valence-corrected chi connectivity index (χ3v) is 6.59. The van der Waals surface area contributed by atoms with E-state index in [2.05, 4.69) is 44.2 Å². The SMILES string of the molecule is CCCc1c(C2CC(O)CC(CO)O2)cc(Cc2ccc(C)cc2)c2c1CCC2. The lowest BCUT2D eigenvalue weighted by molar-refractivity contribution is -0.114. The van der Waals surface area contributed by atoms with E-state index < -0.39 is 6.10 Å². The summed E-state index contributed by atoms with van der Waals surface area (Å²) < 4.78 is 6.25. The van der Waals surface area contributed by atoms with Crippen molar-refractivity contribution in [2.24, 2.45) is 0 Å². The van der Waals surface area contributed by atoms with Gasteiger partial charge in [-0.15, -0.1) is 0 Å². The molecule has 156 valence electrons. The summed E-state index contributed by atoms with van der Waals surface area (Å²) in [6, 6.07) is 11.2. The van der Waals surface area contributed by atoms with Gasteiger partial charge in [0, 0.05) is 12.8 Å². The molecule has 0 radical (unpaired) electrons. The smallest absolute Gasteiger partial charge is 0.0857 e. The lowest BCUT2D eigenvalue weighted by Crippen LogP contribution is -2.34. The number of aliphatic hydroxyl groups is 2. The second-order valence-corrected chi connectivity index (χ2v) is 8.88. The summed E-state index contributed by atoms with van der Waals surface area (Å²) in [5.41, 5.74) is 9.84. The second-order valence-electron chi connectivity index (χ2n) is 8.88. The first kappa shape index (κ1) is 20.6. The molecule has 2 aliphatic rings. The molecule has 0 bridgehead atoms. The molecule has 1 heterocycles. The Morgan fingerprint density at radius 3 is 2.55 bits per heavy atom. The van der Waals surface area contributed by atoms with Gasteiger partial charge in [-0.2, -0.15) is 0 Å². The maximum atomic E-state index is 10.4. The largest absolute Gasteiger partial charge is 0.394 e. The fraction of sp³-hybridized carbons (Fsp3) is 0.538. The van der Waals surface area contributed by atoms with Gasteiger partial charge in [0.1, 0.15) is 0 Å². The van der Waals surface area contributed by atoms with Crippen molar-refractivity contribution in [3.63, 3.8) is 0 Å². The molecule has 0 spiro atoms. The molecule has 0 aromatic heterocycles. The first-order valence-electron chi connectivity index (χ1n) is 11.2. The number of hydrogen-bond donors (Lipinski definition) is 2. The Bertz CT molecular complexity index is 840. The minimum Gasteiger partial charge on any atom is -0.394 e. The predicted molar refractivity (Wildman–Crippen MR) is 116 cm³/mol. The van der Waals surface area contributed by atoms with Crippen LogP contribution in [0.25, 0.3) is 0 Å². The molecular weight excluding hydrogens is 360 g/mol. The van der Waals surface area contributed by atoms with Gasteiger partial charge < -0.3 is 14.9 Å². The molecule has 2 N–H and O–H groups in total. The van der Waals surface area contributed by atoms with Crippen LogP contribution >= 0.6 is 0 Å². The summed E-state index contributed by atoms with van der Waals surface area (Å²) in [5.74, 6) is 0. The molecule has 2 aromatic rings. The summed E-state index contributed by atoms with van der Waals surface area (Å²) in [6.07, 6.45) is 7.00. The Labute approximate surface area is 174 Å². The molecule has 0 saturated carbocycles. The van der Waals surface area contributed by atoms with Crippen LogP contribution in [0.5, 0.6) is 0 Å². The van der Waals surface area contributed by atoms with Crippen molar-refractivity contribution in [2.45, 2.75) is 83.5 Å². The molecule has 1 fully saturated rings. The first-order valence-corrected chi connectivity index (χ1v) is 11.2. The Kier molecular flexibility index (Phi) is 6.38. The van der Waals surface area contributed by atoms with Crippen LogP contribution in [0, 0.1) is 6.92 Å². The zero-order valence-corrected chi connectivity index (χ0v) is 17.8. The van der Waals surface area contributed by atoms with Gasteiger partial charge in [-0.05, 0) is 72.4 Å². The Balaban J connectivity index is 1.75. The lowest BCUT2D eigenvalue weighted by Gasteiger charge is -2.34. The van der Waals surface area contributed by atoms with Crippen LogP contribution in [0.4, 0.5) is 0 Å². The number of aryl methyl sites for hydroxylation is 1. The van der Waals surface area contributed by atoms with Crippen molar-refractivity contribution < 1.29 is 14.9 Å². The Hall–Kier alpha value is -1.68. The molecule has 1 saturated heterocycles. The van der Waals surface area contributed by atoms with Crippen LogP contribution in [0.15, 0.2) is 30.3 Å². The Morgan fingerprint density at radius 1 is 1.07 bits per heavy atom. The summed E-state index contributed by atoms with van der Waals surface area (Å²) in [6.45, 7) is 4.33. The zero-order valence-electron chi connectivity index (χ0n) is 17.8. The van der Waals surface area contributed by atoms with Crippen LogP contribution in [-0.4, -0.2) is 29.0 Å². The number of rotatable bonds is 6. The second kappa shape index (κ2) is 8.99. The molecule has 3 atom stereocenters. The first-order chi connectivity index (χ1) is 14.1. The van der Waals surface area contributed by atoms with Gasteiger partial charge in [0.05, 0.1) is 24.9 Å². The van der Waals surface area contributed by atoms with Gasteiger partial charge >= 0.3 is 0 Å². The number of fused-ring (bicyclic) bond motifs is 1. The summed E-state index contributed by atoms with van der Waals surface area (Å²) in [5, 5.41) is 20.0. The maximum Gasteiger partial charge on any atom is 0.0857 e. The average Bonchev–Trinajstić information content (AvgIpc) is 3.21. The van der Waals surface area contributed by atoms with Gasteiger partial charge in [-0.25, -0.2) is 0 Å². The third-order valence-electron chi connectivity index (χ3n) is 6.59. The minimum absolute atomic E-state index is 0.0299. The molecule has 29 heavy (non-hydrogen) atoms. The third kappa shape index (κ3) is 4.42. The van der Waals surface area contributed by atoms with Gasteiger partial charge in [-0.3, -0.25) is 0 Å². The van der Waals surface area contributed by atoms with E-state index in [0.717, 1.165) is 25.7 Å². The molecule has 1 aliphatic carbocycles. The fourth-order valence-corrected chi connectivity index (χ4v) is 5.19. The molecule has 2 aromatic carbocycles. The lowest BCUT2D eigenvalue weighted by atomic mass is 9.84. The quantitative estimate of drug-likeness (QED) is 0.753. The summed E-state index contributed by atoms with van der Waals surface area (Å²) in [4.78, 5) is 0. The molecule has 3 heteroatoms. The van der Waals surface area contributed by atoms with Gasteiger partial charge in [-0.1, -0.05) is 49.2 Å². The number of hydrogen-bond acceptors (Lipinski definition) is 3. The standard InChI is InChI=1S/C26H34O3/c1-3-5-23-24-7-4-6-22(24)19(12-18-10-8-17(2)9-11-18)13-25(23)26-15-20(28)14-21(16-27)29-26/h8-11,13,20-21,26-28H,3-7,12,14-16H2,1-2H3. The zero-order chi connectivity index (χ0) is 20.4. The Morgan fingerprint density at radius 2 is 1.83 bits per heavy atom. The van der Waals surface area contributed by atoms with Crippen LogP contribution in [0.2, 0.25) is 0 Å². The minimum atomic E-state index is -0.408. The van der Waals surface area contributed by atoms with E-state index in [1.807, 2.05) is 0 Å². The van der Waals surface area contributed by atoms with Crippen LogP contribution < -0.4 is 0 Å². The highest BCUT2D eigenvalue weighted by Crippen LogP contribution is 2.40. The molecule has 0 amide bonds. The van der Waals surface area contributed by atoms with E-state index in [9.17, 15) is 10.2 Å². The maximum absolute atomic E-state index is 10.4. The predicted octanol–water partition coefficient (Wildman–Crippen LogP) is 4.60. The highest BCUT2D eigenvalue weighted by atomic mass is 16.5. The van der Waals surface area contributed by atoms with Gasteiger partial charge in [0.25, 0.3) is 0 Å². The van der Waals surface area contributed by atoms with Crippen molar-refractivity contribution in [1.82, 2.24) is 0 Å². The fourth-order valence-electron chi connectivity index (χ4n) is 5.19. The number of aliphatic hydroxyl groups excluding tert-OH is 2. The monoisotopic (exact) mass is 394 g/mol. The van der Waals surface area contributed by atoms with E-state index in [1.54, 1.807) is 5.56 Å². The van der Waals surface area contributed by atoms with Crippen molar-refractivity contribution >= 4 is 0 Å². The van der Waals surface area contributed by atoms with Crippen molar-refractivity contribution in [2.75, 3.05) is 6.61 Å².